The summed E-state index contributed by atoms with van der Waals surface area (Å²) < 4.78 is 6.78. The molecule has 0 N–H and O–H groups in total. The lowest BCUT2D eigenvalue weighted by Gasteiger charge is -2.23. The maximum absolute atomic E-state index is 11.9. The van der Waals surface area contributed by atoms with Crippen molar-refractivity contribution in [3.05, 3.63) is 258 Å². The molecule has 4 aromatic heterocycles. The second-order valence-electron chi connectivity index (χ2n) is 20.7. The maximum atomic E-state index is 11.9. The summed E-state index contributed by atoms with van der Waals surface area (Å²) >= 11 is 0. The summed E-state index contributed by atoms with van der Waals surface area (Å²) in [6, 6.07) is 53.0. The van der Waals surface area contributed by atoms with Gasteiger partial charge in [-0.3, -0.25) is 37.4 Å². The normalized spacial score (nSPS) is 11.5. The molecule has 0 fully saturated rings. The number of benzene rings is 4. The van der Waals surface area contributed by atoms with E-state index in [1.807, 2.05) is 122 Å². The predicted molar refractivity (Wildman–Crippen MR) is 283 cm³/mol. The summed E-state index contributed by atoms with van der Waals surface area (Å²) in [6.07, 6.45) is 7.25. The number of hydrogen-bond donors (Lipinski definition) is 0. The first kappa shape index (κ1) is 51.7. The summed E-state index contributed by atoms with van der Waals surface area (Å²) in [5, 5.41) is 0. The summed E-state index contributed by atoms with van der Waals surface area (Å²) in [6.45, 7) is 25.8. The largest absolute Gasteiger partial charge is 0.284 e. The van der Waals surface area contributed by atoms with Gasteiger partial charge < -0.3 is 0 Å². The molecule has 8 aromatic rings. The van der Waals surface area contributed by atoms with E-state index in [4.69, 9.17) is 0 Å². The Hall–Kier alpha value is -7.32. The standard InChI is InChI=1S/4C15H17NO/c4*1-15(2,3)12-8-4-5-9-13(12)16-11-7-6-10-14(16)17/h4*4-11H,1-3H3. The zero-order valence-electron chi connectivity index (χ0n) is 41.9. The number of para-hydroxylation sites is 4. The average molecular weight is 909 g/mol. The molecule has 0 aliphatic rings. The van der Waals surface area contributed by atoms with Crippen LogP contribution in [0.5, 0.6) is 0 Å². The van der Waals surface area contributed by atoms with E-state index in [0.717, 1.165) is 22.7 Å². The molecule has 68 heavy (non-hydrogen) atoms. The van der Waals surface area contributed by atoms with Crippen LogP contribution in [0.1, 0.15) is 105 Å². The molecule has 0 radical (unpaired) electrons. The van der Waals surface area contributed by atoms with Gasteiger partial charge in [0.05, 0.1) is 22.7 Å². The second kappa shape index (κ2) is 22.0. The van der Waals surface area contributed by atoms with Crippen molar-refractivity contribution in [2.24, 2.45) is 0 Å². The second-order valence-corrected chi connectivity index (χ2v) is 20.7. The lowest BCUT2D eigenvalue weighted by molar-refractivity contribution is 0.585. The molecule has 0 bridgehead atoms. The molecule has 0 saturated heterocycles. The first-order valence-electron chi connectivity index (χ1n) is 23.1. The Morgan fingerprint density at radius 3 is 0.559 bits per heavy atom. The van der Waals surface area contributed by atoms with Crippen molar-refractivity contribution < 1.29 is 0 Å². The predicted octanol–water partition coefficient (Wildman–Crippen LogP) is 12.5. The molecule has 352 valence electrons. The lowest BCUT2D eigenvalue weighted by Crippen LogP contribution is -2.21. The lowest BCUT2D eigenvalue weighted by atomic mass is 9.85. The fourth-order valence-electron chi connectivity index (χ4n) is 7.78. The Balaban J connectivity index is 0.000000169. The molecule has 0 atom stereocenters. The maximum Gasteiger partial charge on any atom is 0.255 e. The summed E-state index contributed by atoms with van der Waals surface area (Å²) in [5.41, 5.74) is 8.65. The minimum atomic E-state index is 0.00389. The Morgan fingerprint density at radius 2 is 0.397 bits per heavy atom. The Morgan fingerprint density at radius 1 is 0.235 bits per heavy atom. The highest BCUT2D eigenvalue weighted by Gasteiger charge is 2.21. The van der Waals surface area contributed by atoms with Gasteiger partial charge in [-0.15, -0.1) is 0 Å². The molecule has 0 spiro atoms. The van der Waals surface area contributed by atoms with Gasteiger partial charge in [-0.25, -0.2) is 0 Å². The molecule has 0 amide bonds. The van der Waals surface area contributed by atoms with Crippen LogP contribution in [0.2, 0.25) is 0 Å². The van der Waals surface area contributed by atoms with E-state index in [2.05, 4.69) is 107 Å². The molecule has 0 saturated carbocycles. The minimum absolute atomic E-state index is 0.00389. The number of nitrogens with zero attached hydrogens (tertiary/aromatic N) is 4. The third kappa shape index (κ3) is 13.4. The number of rotatable bonds is 4. The van der Waals surface area contributed by atoms with E-state index in [1.54, 1.807) is 66.8 Å². The molecule has 8 rings (SSSR count). The summed E-state index contributed by atoms with van der Waals surface area (Å²) in [7, 11) is 0. The van der Waals surface area contributed by atoms with Crippen LogP contribution in [0.25, 0.3) is 22.7 Å². The smallest absolute Gasteiger partial charge is 0.255 e. The van der Waals surface area contributed by atoms with Crippen molar-refractivity contribution in [3.63, 3.8) is 0 Å². The molecule has 0 unspecified atom stereocenters. The highest BCUT2D eigenvalue weighted by Crippen LogP contribution is 2.30. The highest BCUT2D eigenvalue weighted by molar-refractivity contribution is 5.48. The van der Waals surface area contributed by atoms with Gasteiger partial charge in [0.2, 0.25) is 0 Å². The molecule has 4 heterocycles. The van der Waals surface area contributed by atoms with Gasteiger partial charge in [-0.1, -0.05) is 180 Å². The first-order valence-corrected chi connectivity index (χ1v) is 23.1. The summed E-state index contributed by atoms with van der Waals surface area (Å²) in [4.78, 5) is 47.4. The van der Waals surface area contributed by atoms with E-state index in [1.165, 1.54) is 22.3 Å². The topological polar surface area (TPSA) is 88.0 Å². The molecule has 0 aliphatic carbocycles. The molecular formula is C60H68N4O4. The highest BCUT2D eigenvalue weighted by atomic mass is 16.1. The molecule has 0 aliphatic heterocycles. The van der Waals surface area contributed by atoms with Crippen LogP contribution < -0.4 is 22.2 Å². The van der Waals surface area contributed by atoms with E-state index >= 15 is 0 Å². The zero-order chi connectivity index (χ0) is 49.9. The van der Waals surface area contributed by atoms with Crippen LogP contribution >= 0.6 is 0 Å². The molecular weight excluding hydrogens is 841 g/mol. The van der Waals surface area contributed by atoms with Crippen LogP contribution in [-0.2, 0) is 21.7 Å². The van der Waals surface area contributed by atoms with Crippen LogP contribution in [0.15, 0.2) is 214 Å². The van der Waals surface area contributed by atoms with Crippen molar-refractivity contribution in [2.75, 3.05) is 0 Å². The number of hydrogen-bond acceptors (Lipinski definition) is 4. The van der Waals surface area contributed by atoms with Gasteiger partial charge in [-0.2, -0.15) is 0 Å². The Kier molecular flexibility index (Phi) is 16.7. The van der Waals surface area contributed by atoms with Crippen LogP contribution in [0.3, 0.4) is 0 Å². The van der Waals surface area contributed by atoms with Gasteiger partial charge >= 0.3 is 0 Å². The Labute approximate surface area is 402 Å². The minimum Gasteiger partial charge on any atom is -0.284 e. The van der Waals surface area contributed by atoms with Crippen molar-refractivity contribution in [2.45, 2.75) is 105 Å². The Bertz CT molecular complexity index is 2730. The third-order valence-electron chi connectivity index (χ3n) is 11.2. The fourth-order valence-corrected chi connectivity index (χ4v) is 7.78. The molecule has 4 aromatic carbocycles. The average Bonchev–Trinajstić information content (AvgIpc) is 3.29. The van der Waals surface area contributed by atoms with Gasteiger partial charge in [-0.05, 0) is 92.4 Å². The SMILES string of the molecule is CC(C)(C)c1ccccc1-n1ccccc1=O.CC(C)(C)c1ccccc1-n1ccccc1=O.CC(C)(C)c1ccccc1-n1ccccc1=O.CC(C)(C)c1ccccc1-n1ccccc1=O. The van der Waals surface area contributed by atoms with Crippen LogP contribution in [-0.4, -0.2) is 18.3 Å². The molecule has 8 nitrogen and oxygen atoms in total. The number of aromatic nitrogens is 4. The van der Waals surface area contributed by atoms with Crippen molar-refractivity contribution >= 4 is 0 Å². The van der Waals surface area contributed by atoms with Gasteiger partial charge in [0.15, 0.2) is 0 Å². The van der Waals surface area contributed by atoms with E-state index < -0.39 is 0 Å². The third-order valence-corrected chi connectivity index (χ3v) is 11.2. The van der Waals surface area contributed by atoms with Crippen LogP contribution in [0.4, 0.5) is 0 Å². The number of pyridine rings is 4. The first-order chi connectivity index (χ1) is 32.0. The van der Waals surface area contributed by atoms with E-state index in [0.29, 0.717) is 0 Å². The molecule has 8 heteroatoms. The van der Waals surface area contributed by atoms with Gasteiger partial charge in [0.25, 0.3) is 22.2 Å². The van der Waals surface area contributed by atoms with E-state index in [9.17, 15) is 19.2 Å². The zero-order valence-corrected chi connectivity index (χ0v) is 41.9. The van der Waals surface area contributed by atoms with E-state index in [-0.39, 0.29) is 43.9 Å². The van der Waals surface area contributed by atoms with Crippen molar-refractivity contribution in [1.82, 2.24) is 18.3 Å². The van der Waals surface area contributed by atoms with Gasteiger partial charge in [0.1, 0.15) is 0 Å². The van der Waals surface area contributed by atoms with Crippen molar-refractivity contribution in [3.8, 4) is 22.7 Å². The fraction of sp³-hybridized carbons (Fsp3) is 0.267. The van der Waals surface area contributed by atoms with Gasteiger partial charge in [0, 0.05) is 49.1 Å². The van der Waals surface area contributed by atoms with Crippen molar-refractivity contribution in [1.29, 1.82) is 0 Å². The quantitative estimate of drug-likeness (QED) is 0.176. The van der Waals surface area contributed by atoms with Crippen LogP contribution in [0, 0.1) is 0 Å². The monoisotopic (exact) mass is 909 g/mol. The summed E-state index contributed by atoms with van der Waals surface area (Å²) in [5.74, 6) is 0.